The Bertz CT molecular complexity index is 911. The number of hydrogen-bond acceptors (Lipinski definition) is 4. The van der Waals surface area contributed by atoms with Crippen LogP contribution in [0.3, 0.4) is 0 Å². The monoisotopic (exact) mass is 386 g/mol. The molecule has 0 spiro atoms. The van der Waals surface area contributed by atoms with Gasteiger partial charge in [-0.2, -0.15) is 18.2 Å². The highest BCUT2D eigenvalue weighted by Crippen LogP contribution is 2.31. The lowest BCUT2D eigenvalue weighted by Gasteiger charge is -2.27. The van der Waals surface area contributed by atoms with Gasteiger partial charge in [-0.05, 0) is 43.7 Å². The molecule has 0 fully saturated rings. The predicted molar refractivity (Wildman–Crippen MR) is 105 cm³/mol. The quantitative estimate of drug-likeness (QED) is 0.594. The van der Waals surface area contributed by atoms with E-state index >= 15 is 0 Å². The van der Waals surface area contributed by atoms with Gasteiger partial charge in [0.2, 0.25) is 5.95 Å². The van der Waals surface area contributed by atoms with E-state index < -0.39 is 11.7 Å². The van der Waals surface area contributed by atoms with E-state index in [9.17, 15) is 13.2 Å². The second kappa shape index (κ2) is 8.29. The summed E-state index contributed by atoms with van der Waals surface area (Å²) in [7, 11) is 0. The molecular weight excluding hydrogens is 365 g/mol. The zero-order chi connectivity index (χ0) is 20.1. The van der Waals surface area contributed by atoms with Crippen LogP contribution in [-0.4, -0.2) is 16.0 Å². The molecule has 1 heterocycles. The van der Waals surface area contributed by atoms with Crippen LogP contribution < -0.4 is 10.2 Å². The lowest BCUT2D eigenvalue weighted by atomic mass is 10.2. The third-order valence-electron chi connectivity index (χ3n) is 4.18. The molecule has 0 aliphatic heterocycles. The van der Waals surface area contributed by atoms with Crippen molar-refractivity contribution in [3.8, 4) is 0 Å². The van der Waals surface area contributed by atoms with Gasteiger partial charge in [0.15, 0.2) is 0 Å². The predicted octanol–water partition coefficient (Wildman–Crippen LogP) is 5.65. The molecular formula is C21H21F3N4. The lowest BCUT2D eigenvalue weighted by molar-refractivity contribution is -0.137. The number of aromatic nitrogens is 2. The van der Waals surface area contributed by atoms with Crippen LogP contribution in [0.2, 0.25) is 0 Å². The van der Waals surface area contributed by atoms with E-state index in [0.29, 0.717) is 24.0 Å². The first-order valence-corrected chi connectivity index (χ1v) is 8.91. The van der Waals surface area contributed by atoms with Crippen molar-refractivity contribution in [3.05, 3.63) is 78.0 Å². The third-order valence-corrected chi connectivity index (χ3v) is 4.18. The summed E-state index contributed by atoms with van der Waals surface area (Å²) < 4.78 is 38.7. The summed E-state index contributed by atoms with van der Waals surface area (Å²) in [5.74, 6) is 0.943. The van der Waals surface area contributed by atoms with Gasteiger partial charge in [0.25, 0.3) is 0 Å². The van der Waals surface area contributed by atoms with Crippen LogP contribution in [0.25, 0.3) is 0 Å². The minimum atomic E-state index is -4.39. The minimum Gasteiger partial charge on any atom is -0.340 e. The summed E-state index contributed by atoms with van der Waals surface area (Å²) in [5.41, 5.74) is 0.731. The number of benzene rings is 2. The zero-order valence-corrected chi connectivity index (χ0v) is 15.6. The smallest absolute Gasteiger partial charge is 0.340 e. The average Bonchev–Trinajstić information content (AvgIpc) is 2.66. The van der Waals surface area contributed by atoms with Gasteiger partial charge in [0.1, 0.15) is 5.82 Å². The molecule has 28 heavy (non-hydrogen) atoms. The third kappa shape index (κ3) is 5.00. The van der Waals surface area contributed by atoms with Crippen LogP contribution in [0.4, 0.5) is 30.6 Å². The maximum absolute atomic E-state index is 12.9. The van der Waals surface area contributed by atoms with Crippen molar-refractivity contribution in [1.29, 1.82) is 0 Å². The van der Waals surface area contributed by atoms with Crippen LogP contribution in [-0.2, 0) is 12.7 Å². The van der Waals surface area contributed by atoms with Crippen molar-refractivity contribution in [1.82, 2.24) is 9.97 Å². The number of rotatable bonds is 6. The van der Waals surface area contributed by atoms with Crippen LogP contribution in [0.1, 0.15) is 25.0 Å². The second-order valence-corrected chi connectivity index (χ2v) is 6.65. The number of halogens is 3. The number of nitrogens with zero attached hydrogens (tertiary/aromatic N) is 3. The van der Waals surface area contributed by atoms with Crippen LogP contribution in [0, 0.1) is 0 Å². The number of anilines is 3. The molecule has 1 N–H and O–H groups in total. The summed E-state index contributed by atoms with van der Waals surface area (Å²) in [6, 6.07) is 16.8. The van der Waals surface area contributed by atoms with Gasteiger partial charge in [0, 0.05) is 24.5 Å². The minimum absolute atomic E-state index is 0.143. The standard InChI is InChI=1S/C21H21F3N4/c1-15(2)28(14-16-7-4-3-5-8-16)20-25-12-11-19(27-20)26-18-10-6-9-17(13-18)21(22,23)24/h3-13,15H,14H2,1-2H3,(H,25,26,27). The van der Waals surface area contributed by atoms with Crippen molar-refractivity contribution in [2.45, 2.75) is 32.6 Å². The maximum Gasteiger partial charge on any atom is 0.416 e. The summed E-state index contributed by atoms with van der Waals surface area (Å²) >= 11 is 0. The van der Waals surface area contributed by atoms with Crippen molar-refractivity contribution < 1.29 is 13.2 Å². The molecule has 0 unspecified atom stereocenters. The van der Waals surface area contributed by atoms with Crippen LogP contribution >= 0.6 is 0 Å². The Morgan fingerprint density at radius 3 is 2.43 bits per heavy atom. The Balaban J connectivity index is 1.83. The van der Waals surface area contributed by atoms with Crippen molar-refractivity contribution >= 4 is 17.5 Å². The molecule has 3 rings (SSSR count). The Morgan fingerprint density at radius 2 is 1.75 bits per heavy atom. The van der Waals surface area contributed by atoms with E-state index in [-0.39, 0.29) is 6.04 Å². The molecule has 4 nitrogen and oxygen atoms in total. The van der Waals surface area contributed by atoms with Gasteiger partial charge >= 0.3 is 6.18 Å². The van der Waals surface area contributed by atoms with Crippen molar-refractivity contribution in [3.63, 3.8) is 0 Å². The summed E-state index contributed by atoms with van der Waals surface area (Å²) in [5, 5.41) is 2.94. The van der Waals surface area contributed by atoms with Gasteiger partial charge in [-0.25, -0.2) is 4.98 Å². The summed E-state index contributed by atoms with van der Waals surface area (Å²) in [6.07, 6.45) is -2.79. The van der Waals surface area contributed by atoms with E-state index in [2.05, 4.69) is 15.3 Å². The van der Waals surface area contributed by atoms with E-state index in [1.54, 1.807) is 18.3 Å². The summed E-state index contributed by atoms with van der Waals surface area (Å²) in [4.78, 5) is 10.9. The van der Waals surface area contributed by atoms with Crippen molar-refractivity contribution in [2.24, 2.45) is 0 Å². The number of nitrogens with one attached hydrogen (secondary N) is 1. The van der Waals surface area contributed by atoms with Gasteiger partial charge in [-0.1, -0.05) is 36.4 Å². The molecule has 2 aromatic carbocycles. The largest absolute Gasteiger partial charge is 0.416 e. The molecule has 0 saturated carbocycles. The van der Waals surface area contributed by atoms with E-state index in [4.69, 9.17) is 0 Å². The fraction of sp³-hybridized carbons (Fsp3) is 0.238. The topological polar surface area (TPSA) is 41.1 Å². The van der Waals surface area contributed by atoms with Gasteiger partial charge < -0.3 is 10.2 Å². The fourth-order valence-electron chi connectivity index (χ4n) is 2.74. The first kappa shape index (κ1) is 19.7. The fourth-order valence-corrected chi connectivity index (χ4v) is 2.74. The molecule has 0 bridgehead atoms. The van der Waals surface area contributed by atoms with Gasteiger partial charge in [0.05, 0.1) is 5.56 Å². The lowest BCUT2D eigenvalue weighted by Crippen LogP contribution is -2.31. The van der Waals surface area contributed by atoms with E-state index in [1.807, 2.05) is 49.1 Å². The Morgan fingerprint density at radius 1 is 1.00 bits per heavy atom. The Labute approximate surface area is 162 Å². The highest BCUT2D eigenvalue weighted by molar-refractivity contribution is 5.58. The molecule has 0 aliphatic rings. The van der Waals surface area contributed by atoms with Crippen LogP contribution in [0.5, 0.6) is 0 Å². The van der Waals surface area contributed by atoms with Crippen LogP contribution in [0.15, 0.2) is 66.9 Å². The Kier molecular flexibility index (Phi) is 5.82. The zero-order valence-electron chi connectivity index (χ0n) is 15.6. The number of alkyl halides is 3. The Hall–Kier alpha value is -3.09. The van der Waals surface area contributed by atoms with Gasteiger partial charge in [-0.3, -0.25) is 0 Å². The molecule has 0 radical (unpaired) electrons. The molecule has 146 valence electrons. The van der Waals surface area contributed by atoms with E-state index in [1.165, 1.54) is 6.07 Å². The van der Waals surface area contributed by atoms with E-state index in [0.717, 1.165) is 17.7 Å². The normalized spacial score (nSPS) is 11.5. The molecule has 3 aromatic rings. The SMILES string of the molecule is CC(C)N(Cc1ccccc1)c1nccc(Nc2cccc(C(F)(F)F)c2)n1. The molecule has 0 saturated heterocycles. The number of hydrogen-bond donors (Lipinski definition) is 1. The molecule has 0 amide bonds. The molecule has 0 atom stereocenters. The first-order valence-electron chi connectivity index (χ1n) is 8.91. The van der Waals surface area contributed by atoms with Gasteiger partial charge in [-0.15, -0.1) is 0 Å². The summed E-state index contributed by atoms with van der Waals surface area (Å²) in [6.45, 7) is 4.71. The van der Waals surface area contributed by atoms with Crippen molar-refractivity contribution in [2.75, 3.05) is 10.2 Å². The molecule has 1 aromatic heterocycles. The maximum atomic E-state index is 12.9. The molecule has 0 aliphatic carbocycles. The second-order valence-electron chi connectivity index (χ2n) is 6.65. The first-order chi connectivity index (χ1) is 13.3. The average molecular weight is 386 g/mol. The highest BCUT2D eigenvalue weighted by atomic mass is 19.4. The molecule has 7 heteroatoms. The highest BCUT2D eigenvalue weighted by Gasteiger charge is 2.30.